The molecule has 0 bridgehead atoms. The fraction of sp³-hybridized carbons (Fsp3) is 0.118. The smallest absolute Gasteiger partial charge is 0.175 e. The molecule has 2 aromatic heterocycles. The van der Waals surface area contributed by atoms with E-state index in [4.69, 9.17) is 11.6 Å². The molecule has 25 heavy (non-hydrogen) atoms. The number of benzene rings is 2. The lowest BCUT2D eigenvalue weighted by Gasteiger charge is -1.98. The van der Waals surface area contributed by atoms with E-state index < -0.39 is 0 Å². The largest absolute Gasteiger partial charge is 0.341 e. The van der Waals surface area contributed by atoms with E-state index in [-0.39, 0.29) is 0 Å². The summed E-state index contributed by atoms with van der Waals surface area (Å²) in [4.78, 5) is 7.91. The van der Waals surface area contributed by atoms with Gasteiger partial charge in [0.15, 0.2) is 8.68 Å². The third kappa shape index (κ3) is 4.36. The molecule has 0 radical (unpaired) electrons. The molecule has 2 heterocycles. The van der Waals surface area contributed by atoms with Crippen LogP contribution in [0.1, 0.15) is 11.4 Å². The molecule has 2 aromatic carbocycles. The van der Waals surface area contributed by atoms with Gasteiger partial charge in [-0.05, 0) is 29.8 Å². The predicted octanol–water partition coefficient (Wildman–Crippen LogP) is 5.65. The summed E-state index contributed by atoms with van der Waals surface area (Å²) in [6, 6.07) is 15.9. The standard InChI is InChI=1S/C17H13ClN4S3/c18-12-7-5-11(6-8-12)9-23-16-21-22-17(25-16)24-10-15-19-13-3-1-2-4-14(13)20-15/h1-8H,9-10H2,(H,19,20). The van der Waals surface area contributed by atoms with Crippen LogP contribution in [0.2, 0.25) is 5.02 Å². The van der Waals surface area contributed by atoms with Gasteiger partial charge in [0, 0.05) is 10.8 Å². The van der Waals surface area contributed by atoms with Crippen LogP contribution in [0.4, 0.5) is 0 Å². The molecule has 0 aliphatic heterocycles. The Morgan fingerprint density at radius 2 is 1.64 bits per heavy atom. The fourth-order valence-electron chi connectivity index (χ4n) is 2.24. The van der Waals surface area contributed by atoms with E-state index in [0.29, 0.717) is 0 Å². The first-order valence-corrected chi connectivity index (χ1v) is 10.7. The topological polar surface area (TPSA) is 54.5 Å². The van der Waals surface area contributed by atoms with Gasteiger partial charge in [0.05, 0.1) is 16.8 Å². The zero-order valence-corrected chi connectivity index (χ0v) is 16.2. The van der Waals surface area contributed by atoms with Crippen molar-refractivity contribution in [2.24, 2.45) is 0 Å². The summed E-state index contributed by atoms with van der Waals surface area (Å²) in [6.07, 6.45) is 0. The molecule has 0 spiro atoms. The molecule has 126 valence electrons. The number of imidazole rings is 1. The van der Waals surface area contributed by atoms with Gasteiger partial charge in [0.25, 0.3) is 0 Å². The highest BCUT2D eigenvalue weighted by atomic mass is 35.5. The Hall–Kier alpha value is -1.54. The lowest BCUT2D eigenvalue weighted by molar-refractivity contribution is 0.953. The number of rotatable bonds is 6. The Kier molecular flexibility index (Phi) is 5.26. The predicted molar refractivity (Wildman–Crippen MR) is 107 cm³/mol. The van der Waals surface area contributed by atoms with Gasteiger partial charge in [-0.15, -0.1) is 10.2 Å². The van der Waals surface area contributed by atoms with Crippen LogP contribution < -0.4 is 0 Å². The van der Waals surface area contributed by atoms with Crippen LogP contribution in [-0.2, 0) is 11.5 Å². The van der Waals surface area contributed by atoms with Crippen molar-refractivity contribution in [1.82, 2.24) is 20.2 Å². The molecule has 0 fully saturated rings. The number of nitrogens with zero attached hydrogens (tertiary/aromatic N) is 3. The molecule has 4 nitrogen and oxygen atoms in total. The number of hydrogen-bond donors (Lipinski definition) is 1. The number of aromatic nitrogens is 4. The van der Waals surface area contributed by atoms with Crippen LogP contribution in [0, 0.1) is 0 Å². The fourth-order valence-corrected chi connectivity index (χ4v) is 5.22. The van der Waals surface area contributed by atoms with Crippen molar-refractivity contribution in [2.75, 3.05) is 0 Å². The minimum absolute atomic E-state index is 0.755. The minimum atomic E-state index is 0.755. The van der Waals surface area contributed by atoms with Crippen molar-refractivity contribution in [3.63, 3.8) is 0 Å². The van der Waals surface area contributed by atoms with Gasteiger partial charge in [-0.3, -0.25) is 0 Å². The summed E-state index contributed by atoms with van der Waals surface area (Å²) >= 11 is 10.9. The summed E-state index contributed by atoms with van der Waals surface area (Å²) in [5, 5.41) is 9.28. The Balaban J connectivity index is 1.33. The van der Waals surface area contributed by atoms with Gasteiger partial charge in [-0.25, -0.2) is 4.98 Å². The van der Waals surface area contributed by atoms with Crippen LogP contribution in [0.5, 0.6) is 0 Å². The molecule has 0 amide bonds. The van der Waals surface area contributed by atoms with Crippen molar-refractivity contribution in [3.05, 3.63) is 64.9 Å². The zero-order chi connectivity index (χ0) is 17.1. The van der Waals surface area contributed by atoms with Gasteiger partial charge >= 0.3 is 0 Å². The van der Waals surface area contributed by atoms with Gasteiger partial charge in [-0.1, -0.05) is 70.7 Å². The van der Waals surface area contributed by atoms with Crippen molar-refractivity contribution in [1.29, 1.82) is 0 Å². The number of fused-ring (bicyclic) bond motifs is 1. The summed E-state index contributed by atoms with van der Waals surface area (Å²) in [7, 11) is 0. The second-order valence-corrected chi connectivity index (χ2v) is 9.10. The maximum atomic E-state index is 5.91. The SMILES string of the molecule is Clc1ccc(CSc2nnc(SCc3nc4ccccc4[nH]3)s2)cc1. The average Bonchev–Trinajstić information content (AvgIpc) is 3.25. The summed E-state index contributed by atoms with van der Waals surface area (Å²) < 4.78 is 1.93. The average molecular weight is 405 g/mol. The first-order valence-electron chi connectivity index (χ1n) is 7.53. The maximum Gasteiger partial charge on any atom is 0.175 e. The summed E-state index contributed by atoms with van der Waals surface area (Å²) in [6.45, 7) is 0. The van der Waals surface area contributed by atoms with Crippen LogP contribution in [0.3, 0.4) is 0 Å². The molecule has 4 aromatic rings. The van der Waals surface area contributed by atoms with Crippen LogP contribution >= 0.6 is 46.5 Å². The molecule has 0 aliphatic carbocycles. The lowest BCUT2D eigenvalue weighted by atomic mass is 10.2. The molecule has 4 rings (SSSR count). The van der Waals surface area contributed by atoms with Gasteiger partial charge in [0.1, 0.15) is 5.82 Å². The molecule has 0 saturated carbocycles. The van der Waals surface area contributed by atoms with Crippen LogP contribution in [0.15, 0.2) is 57.2 Å². The maximum absolute atomic E-state index is 5.91. The third-order valence-electron chi connectivity index (χ3n) is 3.43. The summed E-state index contributed by atoms with van der Waals surface area (Å²) in [5.41, 5.74) is 3.28. The molecular formula is C17H13ClN4S3. The van der Waals surface area contributed by atoms with Gasteiger partial charge < -0.3 is 4.98 Å². The number of halogens is 1. The second kappa shape index (κ2) is 7.78. The molecule has 8 heteroatoms. The normalized spacial score (nSPS) is 11.2. The molecule has 0 aliphatic rings. The van der Waals surface area contributed by atoms with Crippen LogP contribution in [-0.4, -0.2) is 20.2 Å². The Morgan fingerprint density at radius 3 is 2.40 bits per heavy atom. The Bertz CT molecular complexity index is 948. The van der Waals surface area contributed by atoms with E-state index in [0.717, 1.165) is 42.1 Å². The Morgan fingerprint density at radius 1 is 0.920 bits per heavy atom. The molecule has 1 N–H and O–H groups in total. The highest BCUT2D eigenvalue weighted by Gasteiger charge is 2.08. The number of thioether (sulfide) groups is 2. The number of hydrogen-bond acceptors (Lipinski definition) is 6. The van der Waals surface area contributed by atoms with Crippen LogP contribution in [0.25, 0.3) is 11.0 Å². The van der Waals surface area contributed by atoms with E-state index in [9.17, 15) is 0 Å². The Labute approximate surface area is 162 Å². The first-order chi connectivity index (χ1) is 12.3. The highest BCUT2D eigenvalue weighted by molar-refractivity contribution is 8.02. The number of H-pyrrole nitrogens is 1. The zero-order valence-electron chi connectivity index (χ0n) is 13.0. The second-order valence-electron chi connectivity index (χ2n) is 5.24. The van der Waals surface area contributed by atoms with E-state index in [1.54, 1.807) is 34.9 Å². The van der Waals surface area contributed by atoms with Gasteiger partial charge in [0.2, 0.25) is 0 Å². The van der Waals surface area contributed by atoms with E-state index in [1.807, 2.05) is 48.5 Å². The number of para-hydroxylation sites is 2. The summed E-state index contributed by atoms with van der Waals surface area (Å²) in [5.74, 6) is 2.57. The lowest BCUT2D eigenvalue weighted by Crippen LogP contribution is -1.82. The minimum Gasteiger partial charge on any atom is -0.341 e. The third-order valence-corrected chi connectivity index (χ3v) is 6.96. The van der Waals surface area contributed by atoms with Crippen molar-refractivity contribution < 1.29 is 0 Å². The van der Waals surface area contributed by atoms with E-state index in [1.165, 1.54) is 5.56 Å². The molecule has 0 unspecified atom stereocenters. The van der Waals surface area contributed by atoms with E-state index >= 15 is 0 Å². The molecule has 0 saturated heterocycles. The number of aromatic amines is 1. The van der Waals surface area contributed by atoms with Gasteiger partial charge in [-0.2, -0.15) is 0 Å². The number of nitrogens with one attached hydrogen (secondary N) is 1. The van der Waals surface area contributed by atoms with Crippen molar-refractivity contribution in [3.8, 4) is 0 Å². The van der Waals surface area contributed by atoms with Crippen molar-refractivity contribution >= 4 is 57.5 Å². The molecule has 0 atom stereocenters. The van der Waals surface area contributed by atoms with E-state index in [2.05, 4.69) is 20.2 Å². The highest BCUT2D eigenvalue weighted by Crippen LogP contribution is 2.32. The molecular weight excluding hydrogens is 392 g/mol. The monoisotopic (exact) mass is 404 g/mol. The van der Waals surface area contributed by atoms with Crippen molar-refractivity contribution in [2.45, 2.75) is 20.2 Å². The quantitative estimate of drug-likeness (QED) is 0.420. The first kappa shape index (κ1) is 16.9.